The van der Waals surface area contributed by atoms with Crippen LogP contribution in [0.1, 0.15) is 31.2 Å². The van der Waals surface area contributed by atoms with Crippen molar-refractivity contribution in [2.45, 2.75) is 31.2 Å². The number of carbonyl (C=O) groups excluding carboxylic acids is 1. The first-order chi connectivity index (χ1) is 10.8. The molecule has 7 heteroatoms. The quantitative estimate of drug-likeness (QED) is 0.784. The van der Waals surface area contributed by atoms with Gasteiger partial charge in [0.25, 0.3) is 0 Å². The molecule has 2 N–H and O–H groups in total. The summed E-state index contributed by atoms with van der Waals surface area (Å²) in [5, 5.41) is 12.7. The lowest BCUT2D eigenvalue weighted by atomic mass is 9.98. The third-order valence-electron chi connectivity index (χ3n) is 3.94. The normalized spacial score (nSPS) is 22.3. The first-order valence-corrected chi connectivity index (χ1v) is 7.99. The Labute approximate surface area is 144 Å². The number of carboxylic acid groups (broad SMARTS) is 1. The van der Waals surface area contributed by atoms with Crippen molar-refractivity contribution in [3.8, 4) is 0 Å². The van der Waals surface area contributed by atoms with Gasteiger partial charge >= 0.3 is 5.97 Å². The Kier molecular flexibility index (Phi) is 5.55. The molecule has 3 atom stereocenters. The van der Waals surface area contributed by atoms with Gasteiger partial charge < -0.3 is 15.2 Å². The van der Waals surface area contributed by atoms with Crippen LogP contribution in [0.5, 0.6) is 0 Å². The van der Waals surface area contributed by atoms with Gasteiger partial charge in [-0.25, -0.2) is 0 Å². The van der Waals surface area contributed by atoms with Gasteiger partial charge in [-0.3, -0.25) is 9.59 Å². The van der Waals surface area contributed by atoms with Crippen LogP contribution < -0.4 is 5.32 Å². The monoisotopic (exact) mass is 359 g/mol. The average molecular weight is 360 g/mol. The molecule has 5 nitrogen and oxygen atoms in total. The topological polar surface area (TPSA) is 75.6 Å². The van der Waals surface area contributed by atoms with E-state index in [0.29, 0.717) is 16.5 Å². The van der Waals surface area contributed by atoms with Crippen LogP contribution in [0.3, 0.4) is 0 Å². The number of carbonyl (C=O) groups is 2. The van der Waals surface area contributed by atoms with Crippen LogP contribution in [0.2, 0.25) is 10.0 Å². The molecule has 0 aromatic heterocycles. The first kappa shape index (κ1) is 18.0. The van der Waals surface area contributed by atoms with E-state index in [1.54, 1.807) is 19.1 Å². The highest BCUT2D eigenvalue weighted by Gasteiger charge is 2.46. The summed E-state index contributed by atoms with van der Waals surface area (Å²) in [6.07, 6.45) is 0.462. The highest BCUT2D eigenvalue weighted by atomic mass is 35.5. The number of nitrogens with one attached hydrogen (secondary N) is 1. The zero-order valence-electron chi connectivity index (χ0n) is 12.9. The van der Waals surface area contributed by atoms with Crippen molar-refractivity contribution in [1.82, 2.24) is 5.32 Å². The molecule has 1 amide bonds. The van der Waals surface area contributed by atoms with Crippen molar-refractivity contribution in [3.63, 3.8) is 0 Å². The molecule has 1 aliphatic carbocycles. The van der Waals surface area contributed by atoms with Crippen LogP contribution in [0.25, 0.3) is 0 Å². The zero-order chi connectivity index (χ0) is 17.2. The van der Waals surface area contributed by atoms with Crippen molar-refractivity contribution in [3.05, 3.63) is 33.8 Å². The van der Waals surface area contributed by atoms with Crippen LogP contribution >= 0.6 is 23.2 Å². The highest BCUT2D eigenvalue weighted by Crippen LogP contribution is 2.50. The van der Waals surface area contributed by atoms with Crippen LogP contribution in [-0.4, -0.2) is 36.2 Å². The van der Waals surface area contributed by atoms with Gasteiger partial charge in [-0.1, -0.05) is 35.3 Å². The molecular formula is C16H19Cl2NO4. The van der Waals surface area contributed by atoms with Gasteiger partial charge in [0.15, 0.2) is 0 Å². The Morgan fingerprint density at radius 2 is 2.13 bits per heavy atom. The molecule has 126 valence electrons. The van der Waals surface area contributed by atoms with Crippen molar-refractivity contribution < 1.29 is 19.4 Å². The lowest BCUT2D eigenvalue weighted by Gasteiger charge is -2.28. The second kappa shape index (κ2) is 7.07. The van der Waals surface area contributed by atoms with E-state index in [4.69, 9.17) is 33.0 Å². The molecule has 0 aliphatic heterocycles. The van der Waals surface area contributed by atoms with Crippen molar-refractivity contribution in [1.29, 1.82) is 0 Å². The fourth-order valence-electron chi connectivity index (χ4n) is 2.81. The Balaban J connectivity index is 2.05. The largest absolute Gasteiger partial charge is 0.481 e. The number of ether oxygens (including phenoxy) is 1. The highest BCUT2D eigenvalue weighted by molar-refractivity contribution is 6.42. The number of methoxy groups -OCH3 is 1. The van der Waals surface area contributed by atoms with E-state index in [1.165, 1.54) is 7.11 Å². The molecule has 1 aromatic rings. The lowest BCUT2D eigenvalue weighted by Crippen LogP contribution is -2.51. The van der Waals surface area contributed by atoms with Crippen molar-refractivity contribution >= 4 is 35.1 Å². The van der Waals surface area contributed by atoms with E-state index in [9.17, 15) is 9.59 Å². The summed E-state index contributed by atoms with van der Waals surface area (Å²) in [6, 6.07) is 5.36. The van der Waals surface area contributed by atoms with Gasteiger partial charge in [0.1, 0.15) is 0 Å². The third kappa shape index (κ3) is 4.37. The minimum absolute atomic E-state index is 0.0119. The molecule has 23 heavy (non-hydrogen) atoms. The average Bonchev–Trinajstić information content (AvgIpc) is 3.21. The van der Waals surface area contributed by atoms with Crippen LogP contribution in [0.4, 0.5) is 0 Å². The zero-order valence-corrected chi connectivity index (χ0v) is 14.4. The molecule has 1 fully saturated rings. The number of aliphatic carboxylic acids is 1. The van der Waals surface area contributed by atoms with Gasteiger partial charge in [0.2, 0.25) is 5.91 Å². The minimum Gasteiger partial charge on any atom is -0.481 e. The van der Waals surface area contributed by atoms with E-state index >= 15 is 0 Å². The Bertz CT molecular complexity index is 622. The number of rotatable bonds is 7. The Morgan fingerprint density at radius 3 is 2.74 bits per heavy atom. The number of hydrogen-bond donors (Lipinski definition) is 2. The summed E-state index contributed by atoms with van der Waals surface area (Å²) in [7, 11) is 1.47. The molecule has 1 aromatic carbocycles. The number of hydrogen-bond acceptors (Lipinski definition) is 3. The minimum atomic E-state index is -0.991. The van der Waals surface area contributed by atoms with Crippen LogP contribution in [0.15, 0.2) is 18.2 Å². The fourth-order valence-corrected chi connectivity index (χ4v) is 3.26. The number of benzene rings is 1. The second-order valence-electron chi connectivity index (χ2n) is 6.15. The van der Waals surface area contributed by atoms with Crippen molar-refractivity contribution in [2.24, 2.45) is 5.92 Å². The standard InChI is InChI=1S/C16H19Cl2NO4/c1-16(8-23-2,7-13(20)21)19-15(22)11-6-10(11)9-4-3-5-12(17)14(9)18/h3-5,10-11H,6-8H2,1-2H3,(H,19,22)(H,20,21). The molecular weight excluding hydrogens is 341 g/mol. The molecule has 1 aliphatic rings. The first-order valence-electron chi connectivity index (χ1n) is 7.24. The Hall–Kier alpha value is -1.30. The molecule has 0 spiro atoms. The van der Waals surface area contributed by atoms with E-state index in [1.807, 2.05) is 6.07 Å². The third-order valence-corrected chi connectivity index (χ3v) is 4.77. The van der Waals surface area contributed by atoms with Crippen molar-refractivity contribution in [2.75, 3.05) is 13.7 Å². The number of amides is 1. The van der Waals surface area contributed by atoms with Gasteiger partial charge in [0.05, 0.1) is 28.6 Å². The smallest absolute Gasteiger partial charge is 0.305 e. The van der Waals surface area contributed by atoms with Gasteiger partial charge in [-0.15, -0.1) is 0 Å². The molecule has 0 saturated heterocycles. The SMILES string of the molecule is COCC(C)(CC(=O)O)NC(=O)C1CC1c1cccc(Cl)c1Cl. The second-order valence-corrected chi connectivity index (χ2v) is 6.93. The van der Waals surface area contributed by atoms with Gasteiger partial charge in [-0.2, -0.15) is 0 Å². The summed E-state index contributed by atoms with van der Waals surface area (Å²) in [5.74, 6) is -1.39. The fraction of sp³-hybridized carbons (Fsp3) is 0.500. The summed E-state index contributed by atoms with van der Waals surface area (Å²) in [4.78, 5) is 23.4. The molecule has 2 rings (SSSR count). The van der Waals surface area contributed by atoms with Crippen LogP contribution in [0, 0.1) is 5.92 Å². The summed E-state index contributed by atoms with van der Waals surface area (Å²) < 4.78 is 5.04. The number of halogens is 2. The summed E-state index contributed by atoms with van der Waals surface area (Å²) in [6.45, 7) is 1.78. The predicted molar refractivity (Wildman–Crippen MR) is 88.0 cm³/mol. The van der Waals surface area contributed by atoms with Gasteiger partial charge in [-0.05, 0) is 30.9 Å². The molecule has 0 radical (unpaired) electrons. The van der Waals surface area contributed by atoms with E-state index in [2.05, 4.69) is 5.32 Å². The van der Waals surface area contributed by atoms with Crippen LogP contribution in [-0.2, 0) is 14.3 Å². The number of carboxylic acids is 1. The predicted octanol–water partition coefficient (Wildman–Crippen LogP) is 3.09. The van der Waals surface area contributed by atoms with E-state index < -0.39 is 11.5 Å². The maximum atomic E-state index is 12.4. The van der Waals surface area contributed by atoms with Gasteiger partial charge in [0, 0.05) is 13.0 Å². The molecule has 0 heterocycles. The summed E-state index contributed by atoms with van der Waals surface area (Å²) in [5.41, 5.74) is -0.0888. The summed E-state index contributed by atoms with van der Waals surface area (Å²) >= 11 is 12.2. The van der Waals surface area contributed by atoms with E-state index in [-0.39, 0.29) is 30.8 Å². The maximum absolute atomic E-state index is 12.4. The maximum Gasteiger partial charge on any atom is 0.305 e. The van der Waals surface area contributed by atoms with E-state index in [0.717, 1.165) is 5.56 Å². The molecule has 1 saturated carbocycles. The Morgan fingerprint density at radius 1 is 1.43 bits per heavy atom. The lowest BCUT2D eigenvalue weighted by molar-refractivity contribution is -0.139. The molecule has 3 unspecified atom stereocenters. The molecule has 0 bridgehead atoms.